The Balaban J connectivity index is 3.37. The van der Waals surface area contributed by atoms with Crippen molar-refractivity contribution < 1.29 is 19.3 Å². The van der Waals surface area contributed by atoms with Gasteiger partial charge in [-0.15, -0.1) is 0 Å². The molecule has 1 rings (SSSR count). The van der Waals surface area contributed by atoms with E-state index in [9.17, 15) is 9.50 Å². The van der Waals surface area contributed by atoms with Gasteiger partial charge < -0.3 is 14.9 Å². The molecule has 2 N–H and O–H groups in total. The summed E-state index contributed by atoms with van der Waals surface area (Å²) < 4.78 is 17.7. The third kappa shape index (κ3) is 1.68. The molecule has 0 saturated heterocycles. The highest BCUT2D eigenvalue weighted by atomic mass is 35.5. The van der Waals surface area contributed by atoms with Gasteiger partial charge in [0.15, 0.2) is 11.6 Å². The molecule has 0 unspecified atom stereocenters. The van der Waals surface area contributed by atoms with Gasteiger partial charge in [-0.05, 0) is 6.07 Å². The van der Waals surface area contributed by atoms with Crippen LogP contribution in [0.15, 0.2) is 6.07 Å². The Morgan fingerprint density at radius 1 is 1.62 bits per heavy atom. The van der Waals surface area contributed by atoms with Crippen LogP contribution in [-0.2, 0) is 6.61 Å². The van der Waals surface area contributed by atoms with Crippen molar-refractivity contribution >= 4 is 11.6 Å². The van der Waals surface area contributed by atoms with Gasteiger partial charge in [-0.1, -0.05) is 11.6 Å². The van der Waals surface area contributed by atoms with E-state index in [0.29, 0.717) is 0 Å². The van der Waals surface area contributed by atoms with Crippen LogP contribution in [0.2, 0.25) is 5.02 Å². The van der Waals surface area contributed by atoms with Gasteiger partial charge in [0.25, 0.3) is 0 Å². The third-order valence-corrected chi connectivity index (χ3v) is 1.95. The molecule has 0 aliphatic heterocycles. The molecule has 13 heavy (non-hydrogen) atoms. The minimum Gasteiger partial charge on any atom is -0.506 e. The highest BCUT2D eigenvalue weighted by Crippen LogP contribution is 2.38. The van der Waals surface area contributed by atoms with Crippen molar-refractivity contribution in [1.82, 2.24) is 0 Å². The minimum absolute atomic E-state index is 0.0308. The predicted molar refractivity (Wildman–Crippen MR) is 45.5 cm³/mol. The number of rotatable bonds is 2. The second-order valence-electron chi connectivity index (χ2n) is 2.37. The Hall–Kier alpha value is -1.00. The van der Waals surface area contributed by atoms with E-state index < -0.39 is 12.4 Å². The lowest BCUT2D eigenvalue weighted by atomic mass is 10.2. The Morgan fingerprint density at radius 2 is 2.23 bits per heavy atom. The molecule has 0 aromatic heterocycles. The summed E-state index contributed by atoms with van der Waals surface area (Å²) in [6, 6.07) is 0.972. The summed E-state index contributed by atoms with van der Waals surface area (Å²) in [5.74, 6) is -1.30. The van der Waals surface area contributed by atoms with Gasteiger partial charge in [-0.25, -0.2) is 4.39 Å². The average molecular weight is 207 g/mol. The summed E-state index contributed by atoms with van der Waals surface area (Å²) in [5, 5.41) is 17.8. The average Bonchev–Trinajstić information content (AvgIpc) is 2.12. The van der Waals surface area contributed by atoms with E-state index in [4.69, 9.17) is 16.7 Å². The predicted octanol–water partition coefficient (Wildman–Crippen LogP) is 1.69. The molecule has 0 bridgehead atoms. The molecule has 0 aliphatic rings. The fourth-order valence-electron chi connectivity index (χ4n) is 0.948. The number of benzene rings is 1. The maximum absolute atomic E-state index is 13.0. The topological polar surface area (TPSA) is 49.7 Å². The Morgan fingerprint density at radius 3 is 2.69 bits per heavy atom. The highest BCUT2D eigenvalue weighted by Gasteiger charge is 2.16. The lowest BCUT2D eigenvalue weighted by Crippen LogP contribution is -1.94. The summed E-state index contributed by atoms with van der Waals surface area (Å²) >= 11 is 5.56. The zero-order valence-corrected chi connectivity index (χ0v) is 7.60. The largest absolute Gasteiger partial charge is 0.506 e. The Labute approximate surface area is 79.3 Å². The fourth-order valence-corrected chi connectivity index (χ4v) is 1.24. The zero-order valence-electron chi connectivity index (χ0n) is 6.84. The lowest BCUT2D eigenvalue weighted by molar-refractivity contribution is 0.273. The van der Waals surface area contributed by atoms with Gasteiger partial charge in [-0.3, -0.25) is 0 Å². The highest BCUT2D eigenvalue weighted by molar-refractivity contribution is 6.33. The van der Waals surface area contributed by atoms with Crippen LogP contribution in [0.4, 0.5) is 4.39 Å². The number of aliphatic hydroxyl groups excluding tert-OH is 1. The second kappa shape index (κ2) is 3.81. The quantitative estimate of drug-likeness (QED) is 0.774. The normalized spacial score (nSPS) is 10.2. The first-order valence-corrected chi connectivity index (χ1v) is 3.84. The summed E-state index contributed by atoms with van der Waals surface area (Å²) in [7, 11) is 1.24. The molecule has 0 fully saturated rings. The van der Waals surface area contributed by atoms with E-state index in [1.807, 2.05) is 0 Å². The van der Waals surface area contributed by atoms with Crippen LogP contribution in [-0.4, -0.2) is 17.3 Å². The lowest BCUT2D eigenvalue weighted by Gasteiger charge is -2.08. The molecule has 0 saturated carbocycles. The third-order valence-electron chi connectivity index (χ3n) is 1.60. The SMILES string of the molecule is COc1c(F)cc(CO)c(O)c1Cl. The molecule has 0 atom stereocenters. The van der Waals surface area contributed by atoms with Gasteiger partial charge in [0.1, 0.15) is 10.8 Å². The molecule has 5 heteroatoms. The van der Waals surface area contributed by atoms with Crippen LogP contribution in [0.5, 0.6) is 11.5 Å². The van der Waals surface area contributed by atoms with Crippen LogP contribution in [0, 0.1) is 5.82 Å². The van der Waals surface area contributed by atoms with Crippen LogP contribution >= 0.6 is 11.6 Å². The van der Waals surface area contributed by atoms with Gasteiger partial charge in [0.05, 0.1) is 13.7 Å². The first-order chi connectivity index (χ1) is 6.11. The first kappa shape index (κ1) is 10.1. The standard InChI is InChI=1S/C8H8ClFO3/c1-13-8-5(10)2-4(3-11)7(12)6(8)9/h2,11-12H,3H2,1H3. The number of hydrogen-bond acceptors (Lipinski definition) is 3. The first-order valence-electron chi connectivity index (χ1n) is 3.46. The molecule has 0 amide bonds. The van der Waals surface area contributed by atoms with E-state index in [1.54, 1.807) is 0 Å². The summed E-state index contributed by atoms with van der Waals surface area (Å²) in [6.07, 6.45) is 0. The van der Waals surface area contributed by atoms with E-state index in [1.165, 1.54) is 7.11 Å². The number of methoxy groups -OCH3 is 1. The maximum Gasteiger partial charge on any atom is 0.176 e. The van der Waals surface area contributed by atoms with Crippen molar-refractivity contribution in [2.75, 3.05) is 7.11 Å². The number of ether oxygens (including phenoxy) is 1. The van der Waals surface area contributed by atoms with Gasteiger partial charge in [-0.2, -0.15) is 0 Å². The minimum atomic E-state index is -0.714. The summed E-state index contributed by atoms with van der Waals surface area (Å²) in [5.41, 5.74) is 0.0308. The van der Waals surface area contributed by atoms with Crippen molar-refractivity contribution in [3.63, 3.8) is 0 Å². The summed E-state index contributed by atoms with van der Waals surface area (Å²) in [4.78, 5) is 0. The molecule has 3 nitrogen and oxygen atoms in total. The zero-order chi connectivity index (χ0) is 10.0. The molecule has 1 aromatic carbocycles. The monoisotopic (exact) mass is 206 g/mol. The molecule has 0 heterocycles. The fraction of sp³-hybridized carbons (Fsp3) is 0.250. The smallest absolute Gasteiger partial charge is 0.176 e. The van der Waals surface area contributed by atoms with Gasteiger partial charge in [0.2, 0.25) is 0 Å². The van der Waals surface area contributed by atoms with Gasteiger partial charge >= 0.3 is 0 Å². The van der Waals surface area contributed by atoms with Crippen LogP contribution in [0.25, 0.3) is 0 Å². The Kier molecular flexibility index (Phi) is 2.95. The van der Waals surface area contributed by atoms with Crippen LogP contribution < -0.4 is 4.74 Å². The van der Waals surface area contributed by atoms with Crippen LogP contribution in [0.1, 0.15) is 5.56 Å². The number of hydrogen-bond donors (Lipinski definition) is 2. The molecule has 1 aromatic rings. The second-order valence-corrected chi connectivity index (χ2v) is 2.75. The van der Waals surface area contributed by atoms with E-state index in [2.05, 4.69) is 4.74 Å². The van der Waals surface area contributed by atoms with E-state index in [-0.39, 0.29) is 22.1 Å². The van der Waals surface area contributed by atoms with Crippen molar-refractivity contribution in [1.29, 1.82) is 0 Å². The molecular formula is C8H8ClFO3. The molecule has 72 valence electrons. The van der Waals surface area contributed by atoms with Crippen LogP contribution in [0.3, 0.4) is 0 Å². The van der Waals surface area contributed by atoms with Crippen molar-refractivity contribution in [2.45, 2.75) is 6.61 Å². The van der Waals surface area contributed by atoms with Crippen molar-refractivity contribution in [2.24, 2.45) is 0 Å². The number of halogens is 2. The molecule has 0 radical (unpaired) electrons. The molecule has 0 spiro atoms. The van der Waals surface area contributed by atoms with E-state index in [0.717, 1.165) is 6.07 Å². The maximum atomic E-state index is 13.0. The number of aromatic hydroxyl groups is 1. The number of phenols is 1. The van der Waals surface area contributed by atoms with Gasteiger partial charge in [0, 0.05) is 5.56 Å². The van der Waals surface area contributed by atoms with E-state index >= 15 is 0 Å². The summed E-state index contributed by atoms with van der Waals surface area (Å²) in [6.45, 7) is -0.480. The Bertz CT molecular complexity index is 328. The van der Waals surface area contributed by atoms with Crippen molar-refractivity contribution in [3.05, 3.63) is 22.5 Å². The molecular weight excluding hydrogens is 199 g/mol. The number of aliphatic hydroxyl groups is 1. The van der Waals surface area contributed by atoms with Crippen molar-refractivity contribution in [3.8, 4) is 11.5 Å². The molecule has 0 aliphatic carbocycles.